The van der Waals surface area contributed by atoms with Gasteiger partial charge in [-0.3, -0.25) is 0 Å². The van der Waals surface area contributed by atoms with Crippen LogP contribution in [-0.2, 0) is 0 Å². The van der Waals surface area contributed by atoms with E-state index in [-0.39, 0.29) is 6.04 Å². The highest BCUT2D eigenvalue weighted by atomic mass is 16.5. The van der Waals surface area contributed by atoms with E-state index in [9.17, 15) is 0 Å². The van der Waals surface area contributed by atoms with Crippen LogP contribution in [0.25, 0.3) is 0 Å². The molecule has 114 valence electrons. The number of anilines is 1. The van der Waals surface area contributed by atoms with E-state index in [1.807, 2.05) is 13.1 Å². The van der Waals surface area contributed by atoms with Crippen LogP contribution in [0.3, 0.4) is 0 Å². The van der Waals surface area contributed by atoms with Crippen LogP contribution in [0.5, 0.6) is 5.75 Å². The van der Waals surface area contributed by atoms with Gasteiger partial charge in [0.05, 0.1) is 7.11 Å². The van der Waals surface area contributed by atoms with Gasteiger partial charge in [0, 0.05) is 30.9 Å². The summed E-state index contributed by atoms with van der Waals surface area (Å²) >= 11 is 0. The average molecular weight is 279 g/mol. The van der Waals surface area contributed by atoms with E-state index < -0.39 is 0 Å². The summed E-state index contributed by atoms with van der Waals surface area (Å²) < 4.78 is 5.53. The molecule has 1 rings (SSSR count). The van der Waals surface area contributed by atoms with Crippen LogP contribution in [0.4, 0.5) is 5.69 Å². The number of rotatable bonds is 8. The maximum atomic E-state index is 5.53. The molecule has 1 N–H and O–H groups in total. The molecule has 0 amide bonds. The lowest BCUT2D eigenvalue weighted by molar-refractivity contribution is 0.399. The summed E-state index contributed by atoms with van der Waals surface area (Å²) in [5.41, 5.74) is 2.47. The number of nitrogens with one attached hydrogen (secondary N) is 1. The molecular formula is C16H29N3O. The Bertz CT molecular complexity index is 407. The molecule has 1 unspecified atom stereocenters. The van der Waals surface area contributed by atoms with Crippen molar-refractivity contribution in [2.45, 2.75) is 19.4 Å². The minimum Gasteiger partial charge on any atom is -0.496 e. The first-order valence-corrected chi connectivity index (χ1v) is 7.21. The van der Waals surface area contributed by atoms with Crippen LogP contribution in [0.15, 0.2) is 18.2 Å². The Balaban J connectivity index is 2.92. The molecule has 0 saturated heterocycles. The normalized spacial score (nSPS) is 12.6. The van der Waals surface area contributed by atoms with Crippen molar-refractivity contribution in [3.05, 3.63) is 23.8 Å². The molecule has 0 saturated carbocycles. The van der Waals surface area contributed by atoms with Gasteiger partial charge in [-0.2, -0.15) is 0 Å². The first-order chi connectivity index (χ1) is 9.51. The predicted octanol–water partition coefficient (Wildman–Crippen LogP) is 2.36. The lowest BCUT2D eigenvalue weighted by Gasteiger charge is -2.27. The van der Waals surface area contributed by atoms with Gasteiger partial charge in [-0.05, 0) is 53.2 Å². The Hall–Kier alpha value is -1.26. The number of hydrogen-bond acceptors (Lipinski definition) is 4. The van der Waals surface area contributed by atoms with Gasteiger partial charge in [-0.1, -0.05) is 6.07 Å². The van der Waals surface area contributed by atoms with E-state index in [4.69, 9.17) is 4.74 Å². The van der Waals surface area contributed by atoms with Crippen LogP contribution in [0.2, 0.25) is 0 Å². The molecular weight excluding hydrogens is 250 g/mol. The summed E-state index contributed by atoms with van der Waals surface area (Å²) in [6.07, 6.45) is 1.15. The Morgan fingerprint density at radius 2 is 1.90 bits per heavy atom. The molecule has 0 heterocycles. The SMILES string of the molecule is CNC(C)c1c(OC)cccc1N(C)CCCN(C)C. The van der Waals surface area contributed by atoms with Crippen molar-refractivity contribution < 1.29 is 4.74 Å². The second kappa shape index (κ2) is 8.12. The van der Waals surface area contributed by atoms with Crippen molar-refractivity contribution in [2.75, 3.05) is 53.3 Å². The molecule has 0 bridgehead atoms. The maximum absolute atomic E-state index is 5.53. The Kier molecular flexibility index (Phi) is 6.82. The second-order valence-corrected chi connectivity index (χ2v) is 5.48. The molecule has 20 heavy (non-hydrogen) atoms. The molecule has 0 aromatic heterocycles. The number of nitrogens with zero attached hydrogens (tertiary/aromatic N) is 2. The van der Waals surface area contributed by atoms with E-state index >= 15 is 0 Å². The highest BCUT2D eigenvalue weighted by Crippen LogP contribution is 2.34. The third kappa shape index (κ3) is 4.39. The van der Waals surface area contributed by atoms with Gasteiger partial charge in [0.1, 0.15) is 5.75 Å². The third-order valence-corrected chi connectivity index (χ3v) is 3.64. The predicted molar refractivity (Wildman–Crippen MR) is 86.9 cm³/mol. The fraction of sp³-hybridized carbons (Fsp3) is 0.625. The van der Waals surface area contributed by atoms with Crippen molar-refractivity contribution >= 4 is 5.69 Å². The molecule has 4 heteroatoms. The molecule has 0 radical (unpaired) electrons. The van der Waals surface area contributed by atoms with E-state index in [1.54, 1.807) is 7.11 Å². The van der Waals surface area contributed by atoms with Gasteiger partial charge in [-0.25, -0.2) is 0 Å². The third-order valence-electron chi connectivity index (χ3n) is 3.64. The van der Waals surface area contributed by atoms with Crippen LogP contribution >= 0.6 is 0 Å². The summed E-state index contributed by atoms with van der Waals surface area (Å²) in [5.74, 6) is 0.948. The zero-order valence-corrected chi connectivity index (χ0v) is 13.7. The molecule has 1 aromatic carbocycles. The van der Waals surface area contributed by atoms with Gasteiger partial charge in [0.2, 0.25) is 0 Å². The van der Waals surface area contributed by atoms with Gasteiger partial charge < -0.3 is 19.9 Å². The monoisotopic (exact) mass is 279 g/mol. The first-order valence-electron chi connectivity index (χ1n) is 7.21. The van der Waals surface area contributed by atoms with Gasteiger partial charge in [0.25, 0.3) is 0 Å². The van der Waals surface area contributed by atoms with E-state index in [1.165, 1.54) is 11.3 Å². The number of hydrogen-bond donors (Lipinski definition) is 1. The van der Waals surface area contributed by atoms with Gasteiger partial charge in [0.15, 0.2) is 0 Å². The summed E-state index contributed by atoms with van der Waals surface area (Å²) in [6.45, 7) is 4.30. The Morgan fingerprint density at radius 3 is 2.45 bits per heavy atom. The largest absolute Gasteiger partial charge is 0.496 e. The molecule has 4 nitrogen and oxygen atoms in total. The first kappa shape index (κ1) is 16.8. The molecule has 0 spiro atoms. The number of ether oxygens (including phenoxy) is 1. The van der Waals surface area contributed by atoms with Crippen molar-refractivity contribution in [1.82, 2.24) is 10.2 Å². The quantitative estimate of drug-likeness (QED) is 0.790. The zero-order chi connectivity index (χ0) is 15.1. The standard InChI is InChI=1S/C16H29N3O/c1-13(17-2)16-14(9-7-10-15(16)20-6)19(5)12-8-11-18(3)4/h7,9-10,13,17H,8,11-12H2,1-6H3. The van der Waals surface area contributed by atoms with Crippen molar-refractivity contribution in [2.24, 2.45) is 0 Å². The van der Waals surface area contributed by atoms with Crippen LogP contribution in [0.1, 0.15) is 24.9 Å². The minimum absolute atomic E-state index is 0.262. The highest BCUT2D eigenvalue weighted by molar-refractivity contribution is 5.60. The van der Waals surface area contributed by atoms with Crippen molar-refractivity contribution in [1.29, 1.82) is 0 Å². The fourth-order valence-corrected chi connectivity index (χ4v) is 2.37. The second-order valence-electron chi connectivity index (χ2n) is 5.48. The van der Waals surface area contributed by atoms with Gasteiger partial charge in [-0.15, -0.1) is 0 Å². The molecule has 0 aliphatic heterocycles. The number of methoxy groups -OCH3 is 1. The molecule has 0 aliphatic carbocycles. The van der Waals surface area contributed by atoms with Gasteiger partial charge >= 0.3 is 0 Å². The summed E-state index contributed by atoms with van der Waals surface area (Å²) in [6, 6.07) is 6.52. The lowest BCUT2D eigenvalue weighted by Crippen LogP contribution is -2.26. The molecule has 0 aliphatic rings. The summed E-state index contributed by atoms with van der Waals surface area (Å²) in [7, 11) is 10.1. The average Bonchev–Trinajstić information content (AvgIpc) is 2.44. The molecule has 0 fully saturated rings. The topological polar surface area (TPSA) is 27.7 Å². The Labute approximate surface area is 123 Å². The smallest absolute Gasteiger partial charge is 0.125 e. The minimum atomic E-state index is 0.262. The van der Waals surface area contributed by atoms with E-state index in [0.29, 0.717) is 0 Å². The van der Waals surface area contributed by atoms with Crippen LogP contribution in [0, 0.1) is 0 Å². The van der Waals surface area contributed by atoms with Crippen LogP contribution in [-0.4, -0.2) is 53.3 Å². The molecule has 1 atom stereocenters. The summed E-state index contributed by atoms with van der Waals surface area (Å²) in [5, 5.41) is 3.31. The van der Waals surface area contributed by atoms with Crippen LogP contribution < -0.4 is 15.0 Å². The zero-order valence-electron chi connectivity index (χ0n) is 13.7. The summed E-state index contributed by atoms with van der Waals surface area (Å²) in [4.78, 5) is 4.53. The van der Waals surface area contributed by atoms with E-state index in [0.717, 1.165) is 25.3 Å². The van der Waals surface area contributed by atoms with E-state index in [2.05, 4.69) is 55.3 Å². The molecule has 1 aromatic rings. The highest BCUT2D eigenvalue weighted by Gasteiger charge is 2.17. The maximum Gasteiger partial charge on any atom is 0.125 e. The number of benzene rings is 1. The lowest BCUT2D eigenvalue weighted by atomic mass is 10.0. The fourth-order valence-electron chi connectivity index (χ4n) is 2.37. The Morgan fingerprint density at radius 1 is 1.20 bits per heavy atom. The van der Waals surface area contributed by atoms with Crippen molar-refractivity contribution in [3.8, 4) is 5.75 Å². The van der Waals surface area contributed by atoms with Crippen molar-refractivity contribution in [3.63, 3.8) is 0 Å².